The minimum absolute atomic E-state index is 0.0654. The largest absolute Gasteiger partial charge is 0.573 e. The third-order valence-corrected chi connectivity index (χ3v) is 2.18. The van der Waals surface area contributed by atoms with Crippen LogP contribution < -0.4 is 4.74 Å². The fourth-order valence-corrected chi connectivity index (χ4v) is 1.50. The Labute approximate surface area is 102 Å². The zero-order valence-corrected chi connectivity index (χ0v) is 9.01. The molecule has 2 nitrogen and oxygen atoms in total. The van der Waals surface area contributed by atoms with Gasteiger partial charge in [-0.3, -0.25) is 0 Å². The van der Waals surface area contributed by atoms with Crippen LogP contribution >= 0.6 is 0 Å². The van der Waals surface area contributed by atoms with E-state index in [1.165, 1.54) is 24.3 Å². The molecule has 2 aromatic rings. The Morgan fingerprint density at radius 1 is 0.947 bits per heavy atom. The summed E-state index contributed by atoms with van der Waals surface area (Å²) < 4.78 is 77.6. The van der Waals surface area contributed by atoms with Gasteiger partial charge >= 0.3 is 12.5 Å². The van der Waals surface area contributed by atoms with Gasteiger partial charge in [0.05, 0.1) is 5.52 Å². The van der Waals surface area contributed by atoms with E-state index < -0.39 is 24.0 Å². The maximum Gasteiger partial charge on any atom is 0.573 e. The Kier molecular flexibility index (Phi) is 3.03. The lowest BCUT2D eigenvalue weighted by molar-refractivity contribution is -0.276. The molecule has 0 aliphatic heterocycles. The van der Waals surface area contributed by atoms with Crippen LogP contribution in [0.3, 0.4) is 0 Å². The number of benzene rings is 1. The molecular weight excluding hydrogens is 276 g/mol. The minimum atomic E-state index is -5.22. The van der Waals surface area contributed by atoms with Crippen molar-refractivity contribution in [3.63, 3.8) is 0 Å². The number of aromatic nitrogens is 1. The van der Waals surface area contributed by atoms with E-state index in [0.29, 0.717) is 6.07 Å². The van der Waals surface area contributed by atoms with Crippen molar-refractivity contribution in [1.29, 1.82) is 0 Å². The minimum Gasteiger partial charge on any atom is -0.403 e. The van der Waals surface area contributed by atoms with E-state index in [9.17, 15) is 26.3 Å². The highest BCUT2D eigenvalue weighted by atomic mass is 19.4. The quantitative estimate of drug-likeness (QED) is 0.732. The molecule has 0 saturated heterocycles. The molecule has 2 rings (SSSR count). The van der Waals surface area contributed by atoms with Crippen LogP contribution in [0.1, 0.15) is 5.69 Å². The maximum atomic E-state index is 12.6. The highest BCUT2D eigenvalue weighted by Crippen LogP contribution is 2.38. The van der Waals surface area contributed by atoms with Crippen molar-refractivity contribution in [2.45, 2.75) is 12.5 Å². The fourth-order valence-electron chi connectivity index (χ4n) is 1.50. The van der Waals surface area contributed by atoms with Gasteiger partial charge in [-0.05, 0) is 12.1 Å². The molecule has 0 unspecified atom stereocenters. The molecule has 1 heterocycles. The zero-order chi connectivity index (χ0) is 14.3. The third kappa shape index (κ3) is 3.07. The van der Waals surface area contributed by atoms with Crippen LogP contribution in [-0.4, -0.2) is 11.3 Å². The normalized spacial score (nSPS) is 12.7. The summed E-state index contributed by atoms with van der Waals surface area (Å²) in [7, 11) is 0. The number of alkyl halides is 6. The number of ether oxygens (including phenoxy) is 1. The van der Waals surface area contributed by atoms with E-state index in [2.05, 4.69) is 9.72 Å². The number of halogens is 6. The number of fused-ring (bicyclic) bond motifs is 1. The molecule has 102 valence electrons. The second kappa shape index (κ2) is 4.29. The summed E-state index contributed by atoms with van der Waals surface area (Å²) in [6, 6.07) is 6.17. The van der Waals surface area contributed by atoms with Gasteiger partial charge in [0.1, 0.15) is 0 Å². The highest BCUT2D eigenvalue weighted by Gasteiger charge is 2.41. The topological polar surface area (TPSA) is 22.1 Å². The second-order valence-corrected chi connectivity index (χ2v) is 3.57. The monoisotopic (exact) mass is 281 g/mol. The first-order valence-corrected chi connectivity index (χ1v) is 4.89. The summed E-state index contributed by atoms with van der Waals surface area (Å²) in [5.41, 5.74) is -1.77. The summed E-state index contributed by atoms with van der Waals surface area (Å²) in [6.45, 7) is 0. The Morgan fingerprint density at radius 2 is 1.58 bits per heavy atom. The first-order valence-electron chi connectivity index (χ1n) is 4.89. The summed E-state index contributed by atoms with van der Waals surface area (Å²) in [6.07, 6.45) is -10.3. The molecule has 0 N–H and O–H groups in total. The standard InChI is InChI=1S/C11H5F6NO/c12-10(13,14)9-8(19-11(15,16)17)5-6-3-1-2-4-7(6)18-9/h1-5H. The molecule has 0 bridgehead atoms. The van der Waals surface area contributed by atoms with E-state index in [1.807, 2.05) is 0 Å². The van der Waals surface area contributed by atoms with Crippen LogP contribution in [0.2, 0.25) is 0 Å². The lowest BCUT2D eigenvalue weighted by Crippen LogP contribution is -2.21. The van der Waals surface area contributed by atoms with Crippen molar-refractivity contribution in [3.8, 4) is 5.75 Å². The van der Waals surface area contributed by atoms with Crippen molar-refractivity contribution in [3.05, 3.63) is 36.0 Å². The van der Waals surface area contributed by atoms with Crippen LogP contribution in [0, 0.1) is 0 Å². The van der Waals surface area contributed by atoms with Gasteiger partial charge in [0.15, 0.2) is 11.4 Å². The SMILES string of the molecule is FC(F)(F)Oc1cc2ccccc2nc1C(F)(F)F. The molecule has 0 fully saturated rings. The smallest absolute Gasteiger partial charge is 0.403 e. The average Bonchev–Trinajstić information content (AvgIpc) is 2.24. The van der Waals surface area contributed by atoms with Crippen LogP contribution in [-0.2, 0) is 6.18 Å². The molecular formula is C11H5F6NO. The van der Waals surface area contributed by atoms with Gasteiger partial charge in [-0.15, -0.1) is 13.2 Å². The third-order valence-electron chi connectivity index (χ3n) is 2.18. The average molecular weight is 281 g/mol. The molecule has 0 aliphatic rings. The van der Waals surface area contributed by atoms with E-state index >= 15 is 0 Å². The first kappa shape index (κ1) is 13.4. The maximum absolute atomic E-state index is 12.6. The molecule has 8 heteroatoms. The number of hydrogen-bond acceptors (Lipinski definition) is 2. The molecule has 1 aromatic heterocycles. The highest BCUT2D eigenvalue weighted by molar-refractivity contribution is 5.80. The van der Waals surface area contributed by atoms with E-state index in [1.54, 1.807) is 0 Å². The van der Waals surface area contributed by atoms with Gasteiger partial charge in [-0.2, -0.15) is 13.2 Å². The Balaban J connectivity index is 2.64. The molecule has 0 atom stereocenters. The van der Waals surface area contributed by atoms with Crippen molar-refractivity contribution in [2.75, 3.05) is 0 Å². The molecule has 0 radical (unpaired) electrons. The van der Waals surface area contributed by atoms with E-state index in [0.717, 1.165) is 0 Å². The second-order valence-electron chi connectivity index (χ2n) is 3.57. The first-order chi connectivity index (χ1) is 8.67. The molecule has 0 saturated carbocycles. The molecule has 19 heavy (non-hydrogen) atoms. The summed E-state index contributed by atoms with van der Waals surface area (Å²) in [5, 5.41) is 0.120. The Morgan fingerprint density at radius 3 is 2.16 bits per heavy atom. The number of hydrogen-bond donors (Lipinski definition) is 0. The van der Waals surface area contributed by atoms with Crippen LogP contribution in [0.5, 0.6) is 5.75 Å². The Hall–Kier alpha value is -1.99. The van der Waals surface area contributed by atoms with Gasteiger partial charge in [-0.25, -0.2) is 4.98 Å². The molecule has 0 amide bonds. The number of para-hydroxylation sites is 1. The molecule has 0 spiro atoms. The summed E-state index contributed by atoms with van der Waals surface area (Å²) >= 11 is 0. The lowest BCUT2D eigenvalue weighted by Gasteiger charge is -2.15. The fraction of sp³-hybridized carbons (Fsp3) is 0.182. The van der Waals surface area contributed by atoms with Crippen molar-refractivity contribution >= 4 is 10.9 Å². The number of nitrogens with zero attached hydrogens (tertiary/aromatic N) is 1. The number of rotatable bonds is 1. The zero-order valence-electron chi connectivity index (χ0n) is 9.01. The van der Waals surface area contributed by atoms with Gasteiger partial charge in [0.2, 0.25) is 0 Å². The van der Waals surface area contributed by atoms with Crippen molar-refractivity contribution in [1.82, 2.24) is 4.98 Å². The summed E-state index contributed by atoms with van der Waals surface area (Å²) in [4.78, 5) is 3.18. The predicted molar refractivity (Wildman–Crippen MR) is 53.4 cm³/mol. The van der Waals surface area contributed by atoms with Gasteiger partial charge < -0.3 is 4.74 Å². The van der Waals surface area contributed by atoms with Crippen molar-refractivity contribution < 1.29 is 31.1 Å². The predicted octanol–water partition coefficient (Wildman–Crippen LogP) is 4.15. The molecule has 0 aliphatic carbocycles. The summed E-state index contributed by atoms with van der Waals surface area (Å²) in [5.74, 6) is -1.36. The van der Waals surface area contributed by atoms with Crippen LogP contribution in [0.15, 0.2) is 30.3 Å². The number of pyridine rings is 1. The van der Waals surface area contributed by atoms with Gasteiger partial charge in [-0.1, -0.05) is 18.2 Å². The van der Waals surface area contributed by atoms with Crippen molar-refractivity contribution in [2.24, 2.45) is 0 Å². The van der Waals surface area contributed by atoms with Crippen LogP contribution in [0.25, 0.3) is 10.9 Å². The van der Waals surface area contributed by atoms with Gasteiger partial charge in [0, 0.05) is 5.39 Å². The Bertz CT molecular complexity index is 604. The van der Waals surface area contributed by atoms with Crippen LogP contribution in [0.4, 0.5) is 26.3 Å². The van der Waals surface area contributed by atoms with Gasteiger partial charge in [0.25, 0.3) is 0 Å². The van der Waals surface area contributed by atoms with E-state index in [-0.39, 0.29) is 10.9 Å². The van der Waals surface area contributed by atoms with E-state index in [4.69, 9.17) is 0 Å². The molecule has 1 aromatic carbocycles. The lowest BCUT2D eigenvalue weighted by atomic mass is 10.2.